The van der Waals surface area contributed by atoms with E-state index in [4.69, 9.17) is 9.47 Å². The fourth-order valence-electron chi connectivity index (χ4n) is 6.27. The maximum absolute atomic E-state index is 13.8. The molecule has 0 amide bonds. The molecule has 0 spiro atoms. The molecule has 0 bridgehead atoms. The number of carbonyl (C=O) groups excluding carboxylic acids is 1. The Morgan fingerprint density at radius 3 is 2.17 bits per heavy atom. The molecule has 1 saturated carbocycles. The number of halogens is 6. The fourth-order valence-corrected chi connectivity index (χ4v) is 6.27. The average molecular weight is 592 g/mol. The highest BCUT2D eigenvalue weighted by molar-refractivity contribution is 5.89. The molecule has 1 heterocycles. The van der Waals surface area contributed by atoms with Crippen LogP contribution in [0.3, 0.4) is 0 Å². The lowest BCUT2D eigenvalue weighted by atomic mass is 9.68. The summed E-state index contributed by atoms with van der Waals surface area (Å²) in [6.45, 7) is 2.97. The topological polar surface area (TPSA) is 47.6 Å². The Balaban J connectivity index is 1.53. The summed E-state index contributed by atoms with van der Waals surface area (Å²) < 4.78 is 94.5. The summed E-state index contributed by atoms with van der Waals surface area (Å²) in [4.78, 5) is 12.8. The van der Waals surface area contributed by atoms with Crippen LogP contribution in [0, 0.1) is 18.8 Å². The van der Waals surface area contributed by atoms with Gasteiger partial charge in [0.25, 0.3) is 0 Å². The Morgan fingerprint density at radius 1 is 0.881 bits per heavy atom. The molecule has 5 rings (SSSR count). The van der Waals surface area contributed by atoms with Crippen molar-refractivity contribution in [1.82, 2.24) is 5.32 Å². The SMILES string of the molecule is Cc1ccccc1[C@H]1[C@@H]2CNC[C@H]2CC[C@@H]1O[C@H](COC(=O)c1ccccc1)c1cc(C(F)(F)F)cc(C(F)(F)F)c1. The van der Waals surface area contributed by atoms with Gasteiger partial charge in [0.1, 0.15) is 12.7 Å². The summed E-state index contributed by atoms with van der Waals surface area (Å²) in [5, 5.41) is 3.42. The van der Waals surface area contributed by atoms with Gasteiger partial charge in [-0.25, -0.2) is 4.79 Å². The van der Waals surface area contributed by atoms with E-state index in [1.165, 1.54) is 12.1 Å². The molecule has 1 aliphatic heterocycles. The Kier molecular flexibility index (Phi) is 8.66. The predicted octanol–water partition coefficient (Wildman–Crippen LogP) is 7.73. The lowest BCUT2D eigenvalue weighted by Crippen LogP contribution is -2.39. The molecule has 0 aromatic heterocycles. The van der Waals surface area contributed by atoms with Gasteiger partial charge in [-0.1, -0.05) is 42.5 Å². The molecular weight excluding hydrogens is 560 g/mol. The minimum Gasteiger partial charge on any atom is -0.459 e. The predicted molar refractivity (Wildman–Crippen MR) is 144 cm³/mol. The Labute approximate surface area is 240 Å². The van der Waals surface area contributed by atoms with E-state index in [1.54, 1.807) is 18.2 Å². The summed E-state index contributed by atoms with van der Waals surface area (Å²) >= 11 is 0. The van der Waals surface area contributed by atoms with Crippen molar-refractivity contribution in [2.45, 2.75) is 50.2 Å². The van der Waals surface area contributed by atoms with Crippen molar-refractivity contribution in [3.63, 3.8) is 0 Å². The van der Waals surface area contributed by atoms with E-state index in [9.17, 15) is 31.1 Å². The number of alkyl halides is 6. The molecule has 4 nitrogen and oxygen atoms in total. The van der Waals surface area contributed by atoms with E-state index in [0.29, 0.717) is 24.5 Å². The quantitative estimate of drug-likeness (QED) is 0.226. The standard InChI is InChI=1S/C32H31F6NO3/c1-19-7-5-6-10-25(19)29-26-17-39-16-21(26)11-12-27(29)42-28(18-41-30(40)20-8-3-2-4-9-20)22-13-23(31(33,34)35)15-24(14-22)32(36,37)38/h2-10,13-15,21,26-29,39H,11-12,16-18H2,1H3/t21-,26-,27+,28-,29+/m1/s1. The van der Waals surface area contributed by atoms with Crippen molar-refractivity contribution in [2.75, 3.05) is 19.7 Å². The van der Waals surface area contributed by atoms with Gasteiger partial charge in [-0.15, -0.1) is 0 Å². The Bertz CT molecular complexity index is 1360. The smallest absolute Gasteiger partial charge is 0.416 e. The van der Waals surface area contributed by atoms with Crippen molar-refractivity contribution in [3.05, 3.63) is 106 Å². The van der Waals surface area contributed by atoms with Crippen molar-refractivity contribution in [3.8, 4) is 0 Å². The molecule has 1 N–H and O–H groups in total. The summed E-state index contributed by atoms with van der Waals surface area (Å²) in [5.41, 5.74) is -1.00. The molecule has 2 aliphatic rings. The normalized spacial score (nSPS) is 23.3. The maximum atomic E-state index is 13.8. The summed E-state index contributed by atoms with van der Waals surface area (Å²) in [7, 11) is 0. The molecule has 1 saturated heterocycles. The third-order valence-electron chi connectivity index (χ3n) is 8.32. The van der Waals surface area contributed by atoms with Gasteiger partial charge in [0.15, 0.2) is 0 Å². The van der Waals surface area contributed by atoms with E-state index < -0.39 is 48.3 Å². The molecule has 3 aromatic rings. The highest BCUT2D eigenvalue weighted by atomic mass is 19.4. The second-order valence-electron chi connectivity index (χ2n) is 11.0. The first-order chi connectivity index (χ1) is 19.9. The van der Waals surface area contributed by atoms with Gasteiger partial charge in [-0.2, -0.15) is 26.3 Å². The fraction of sp³-hybridized carbons (Fsp3) is 0.406. The zero-order valence-electron chi connectivity index (χ0n) is 22.8. The van der Waals surface area contributed by atoms with E-state index in [0.717, 1.165) is 30.6 Å². The third kappa shape index (κ3) is 6.65. The minimum absolute atomic E-state index is 0.0854. The van der Waals surface area contributed by atoms with Gasteiger partial charge < -0.3 is 14.8 Å². The molecule has 0 radical (unpaired) electrons. The molecule has 42 heavy (non-hydrogen) atoms. The lowest BCUT2D eigenvalue weighted by molar-refractivity contribution is -0.143. The second-order valence-corrected chi connectivity index (χ2v) is 11.0. The van der Waals surface area contributed by atoms with Crippen LogP contribution in [0.2, 0.25) is 0 Å². The van der Waals surface area contributed by atoms with E-state index >= 15 is 0 Å². The minimum atomic E-state index is -5.03. The van der Waals surface area contributed by atoms with Gasteiger partial charge in [-0.3, -0.25) is 0 Å². The maximum Gasteiger partial charge on any atom is 0.416 e. The van der Waals surface area contributed by atoms with Crippen molar-refractivity contribution in [1.29, 1.82) is 0 Å². The average Bonchev–Trinajstić information content (AvgIpc) is 3.44. The Morgan fingerprint density at radius 2 is 1.52 bits per heavy atom. The van der Waals surface area contributed by atoms with Crippen LogP contribution in [-0.2, 0) is 21.8 Å². The summed E-state index contributed by atoms with van der Waals surface area (Å²) in [5.74, 6) is -0.370. The van der Waals surface area contributed by atoms with Crippen molar-refractivity contribution in [2.24, 2.45) is 11.8 Å². The van der Waals surface area contributed by atoms with E-state index in [2.05, 4.69) is 5.32 Å². The molecule has 1 aliphatic carbocycles. The number of esters is 1. The van der Waals surface area contributed by atoms with Gasteiger partial charge in [0.05, 0.1) is 22.8 Å². The first-order valence-corrected chi connectivity index (χ1v) is 13.8. The number of rotatable bonds is 7. The first kappa shape index (κ1) is 30.1. The van der Waals surface area contributed by atoms with Crippen LogP contribution in [0.4, 0.5) is 26.3 Å². The number of fused-ring (bicyclic) bond motifs is 1. The molecule has 2 fully saturated rings. The molecule has 0 unspecified atom stereocenters. The monoisotopic (exact) mass is 591 g/mol. The molecule has 10 heteroatoms. The Hall–Kier alpha value is -3.37. The number of hydrogen-bond acceptors (Lipinski definition) is 4. The molecule has 3 aromatic carbocycles. The van der Waals surface area contributed by atoms with Crippen molar-refractivity contribution >= 4 is 5.97 Å². The van der Waals surface area contributed by atoms with Crippen LogP contribution in [0.15, 0.2) is 72.8 Å². The van der Waals surface area contributed by atoms with Crippen LogP contribution in [-0.4, -0.2) is 31.8 Å². The van der Waals surface area contributed by atoms with Gasteiger partial charge in [0, 0.05) is 5.92 Å². The van der Waals surface area contributed by atoms with Crippen LogP contribution in [0.5, 0.6) is 0 Å². The van der Waals surface area contributed by atoms with Crippen LogP contribution in [0.25, 0.3) is 0 Å². The third-order valence-corrected chi connectivity index (χ3v) is 8.32. The number of hydrogen-bond donors (Lipinski definition) is 1. The van der Waals surface area contributed by atoms with E-state index in [1.807, 2.05) is 31.2 Å². The number of benzene rings is 3. The summed E-state index contributed by atoms with van der Waals surface area (Å²) in [6.07, 6.45) is -10.6. The largest absolute Gasteiger partial charge is 0.459 e. The van der Waals surface area contributed by atoms with Crippen LogP contribution in [0.1, 0.15) is 63.0 Å². The number of ether oxygens (including phenoxy) is 2. The van der Waals surface area contributed by atoms with E-state index in [-0.39, 0.29) is 29.0 Å². The van der Waals surface area contributed by atoms with Crippen LogP contribution < -0.4 is 5.32 Å². The zero-order chi connectivity index (χ0) is 30.1. The van der Waals surface area contributed by atoms with Gasteiger partial charge in [0.2, 0.25) is 0 Å². The molecule has 5 atom stereocenters. The lowest BCUT2D eigenvalue weighted by Gasteiger charge is -2.42. The van der Waals surface area contributed by atoms with Crippen LogP contribution >= 0.6 is 0 Å². The number of carbonyl (C=O) groups is 1. The summed E-state index contributed by atoms with van der Waals surface area (Å²) in [6, 6.07) is 17.1. The zero-order valence-corrected chi connectivity index (χ0v) is 22.8. The molecule has 224 valence electrons. The second kappa shape index (κ2) is 12.1. The highest BCUT2D eigenvalue weighted by Crippen LogP contribution is 2.47. The van der Waals surface area contributed by atoms with Gasteiger partial charge in [-0.05, 0) is 91.7 Å². The number of nitrogens with one attached hydrogen (secondary N) is 1. The highest BCUT2D eigenvalue weighted by Gasteiger charge is 2.45. The number of aryl methyl sites for hydroxylation is 1. The molecular formula is C32H31F6NO3. The first-order valence-electron chi connectivity index (χ1n) is 13.8. The van der Waals surface area contributed by atoms with Gasteiger partial charge >= 0.3 is 18.3 Å². The van der Waals surface area contributed by atoms with Crippen molar-refractivity contribution < 1.29 is 40.6 Å².